The Hall–Kier alpha value is -2.77. The van der Waals surface area contributed by atoms with Crippen LogP contribution in [0.2, 0.25) is 0 Å². The Bertz CT molecular complexity index is 1010. The molecular formula is C24H30N6O2. The molecule has 8 heteroatoms. The van der Waals surface area contributed by atoms with Gasteiger partial charge in [0.25, 0.3) is 5.91 Å². The van der Waals surface area contributed by atoms with Gasteiger partial charge in [-0.3, -0.25) is 9.59 Å². The minimum absolute atomic E-state index is 0.0262. The van der Waals surface area contributed by atoms with Gasteiger partial charge >= 0.3 is 0 Å². The lowest BCUT2D eigenvalue weighted by Gasteiger charge is -2.57. The lowest BCUT2D eigenvalue weighted by molar-refractivity contribution is -0.159. The van der Waals surface area contributed by atoms with Gasteiger partial charge in [0.15, 0.2) is 0 Å². The molecule has 2 aromatic rings. The van der Waals surface area contributed by atoms with Crippen LogP contribution in [0.25, 0.3) is 5.69 Å². The Labute approximate surface area is 187 Å². The minimum Gasteiger partial charge on any atom is -0.339 e. The van der Waals surface area contributed by atoms with Gasteiger partial charge in [0.05, 0.1) is 11.1 Å². The molecule has 4 saturated carbocycles. The van der Waals surface area contributed by atoms with Gasteiger partial charge in [-0.05, 0) is 97.4 Å². The van der Waals surface area contributed by atoms with Crippen molar-refractivity contribution in [3.8, 4) is 5.69 Å². The topological polar surface area (TPSA) is 84.2 Å². The van der Waals surface area contributed by atoms with Gasteiger partial charge in [0.2, 0.25) is 5.91 Å². The van der Waals surface area contributed by atoms with E-state index in [4.69, 9.17) is 0 Å². The molecule has 1 aromatic heterocycles. The standard InChI is InChI=1S/C24H30N6O2/c1-16-8-20(2-3-21(16)30-15-25-26-27-30)22(31)28-4-6-29(7-5-28)23(32)24-12-17-9-18(13-24)11-19(10-17)14-24/h2-3,8,15,17-19H,4-7,9-14H2,1H3. The summed E-state index contributed by atoms with van der Waals surface area (Å²) in [6.07, 6.45) is 8.89. The minimum atomic E-state index is -0.0932. The predicted molar refractivity (Wildman–Crippen MR) is 117 cm³/mol. The van der Waals surface area contributed by atoms with E-state index < -0.39 is 0 Å². The normalized spacial score (nSPS) is 31.2. The highest BCUT2D eigenvalue weighted by Crippen LogP contribution is 2.60. The number of carbonyl (C=O) groups is 2. The van der Waals surface area contributed by atoms with E-state index >= 15 is 0 Å². The molecule has 0 spiro atoms. The molecule has 4 aliphatic carbocycles. The van der Waals surface area contributed by atoms with E-state index in [1.807, 2.05) is 30.0 Å². The van der Waals surface area contributed by atoms with Crippen molar-refractivity contribution in [1.29, 1.82) is 0 Å². The summed E-state index contributed by atoms with van der Waals surface area (Å²) in [5.74, 6) is 2.72. The molecule has 2 amide bonds. The largest absolute Gasteiger partial charge is 0.339 e. The molecule has 168 valence electrons. The third kappa shape index (κ3) is 3.22. The lowest BCUT2D eigenvalue weighted by atomic mass is 9.49. The summed E-state index contributed by atoms with van der Waals surface area (Å²) in [7, 11) is 0. The number of nitrogens with zero attached hydrogens (tertiary/aromatic N) is 6. The van der Waals surface area contributed by atoms with Crippen LogP contribution in [0.15, 0.2) is 24.5 Å². The van der Waals surface area contributed by atoms with Crippen LogP contribution < -0.4 is 0 Å². The van der Waals surface area contributed by atoms with Crippen molar-refractivity contribution in [3.63, 3.8) is 0 Å². The third-order valence-electron chi connectivity index (χ3n) is 8.39. The van der Waals surface area contributed by atoms with E-state index in [1.54, 1.807) is 11.0 Å². The van der Waals surface area contributed by atoms with Crippen molar-refractivity contribution in [1.82, 2.24) is 30.0 Å². The van der Waals surface area contributed by atoms with E-state index in [0.717, 1.165) is 48.3 Å². The molecular weight excluding hydrogens is 404 g/mol. The predicted octanol–water partition coefficient (Wildman–Crippen LogP) is 2.47. The molecule has 1 saturated heterocycles. The molecule has 0 N–H and O–H groups in total. The number of benzene rings is 1. The number of carbonyl (C=O) groups excluding carboxylic acids is 2. The molecule has 0 radical (unpaired) electrons. The summed E-state index contributed by atoms with van der Waals surface area (Å²) in [6.45, 7) is 4.45. The zero-order valence-electron chi connectivity index (χ0n) is 18.6. The fourth-order valence-electron chi connectivity index (χ4n) is 7.32. The number of aryl methyl sites for hydroxylation is 1. The zero-order valence-corrected chi connectivity index (χ0v) is 18.6. The Kier molecular flexibility index (Phi) is 4.59. The molecule has 5 aliphatic rings. The summed E-state index contributed by atoms with van der Waals surface area (Å²) in [5.41, 5.74) is 2.38. The second kappa shape index (κ2) is 7.39. The van der Waals surface area contributed by atoms with E-state index in [2.05, 4.69) is 20.4 Å². The first-order valence-corrected chi connectivity index (χ1v) is 11.9. The van der Waals surface area contributed by atoms with Crippen LogP contribution in [-0.4, -0.2) is 68.0 Å². The van der Waals surface area contributed by atoms with Gasteiger partial charge < -0.3 is 9.80 Å². The fourth-order valence-corrected chi connectivity index (χ4v) is 7.32. The van der Waals surface area contributed by atoms with Crippen LogP contribution in [-0.2, 0) is 4.79 Å². The van der Waals surface area contributed by atoms with Crippen LogP contribution in [0.4, 0.5) is 0 Å². The van der Waals surface area contributed by atoms with Crippen molar-refractivity contribution in [3.05, 3.63) is 35.7 Å². The average molecular weight is 435 g/mol. The number of rotatable bonds is 3. The van der Waals surface area contributed by atoms with Crippen LogP contribution in [0.1, 0.15) is 54.4 Å². The van der Waals surface area contributed by atoms with Gasteiger partial charge in [0.1, 0.15) is 6.33 Å². The number of tetrazole rings is 1. The quantitative estimate of drug-likeness (QED) is 0.741. The van der Waals surface area contributed by atoms with Crippen LogP contribution >= 0.6 is 0 Å². The van der Waals surface area contributed by atoms with Crippen molar-refractivity contribution in [2.24, 2.45) is 23.2 Å². The molecule has 7 rings (SSSR count). The molecule has 4 bridgehead atoms. The first kappa shape index (κ1) is 19.9. The van der Waals surface area contributed by atoms with E-state index in [-0.39, 0.29) is 11.3 Å². The van der Waals surface area contributed by atoms with E-state index in [9.17, 15) is 9.59 Å². The first-order chi connectivity index (χ1) is 15.5. The molecule has 8 nitrogen and oxygen atoms in total. The first-order valence-electron chi connectivity index (χ1n) is 11.9. The van der Waals surface area contributed by atoms with Crippen LogP contribution in [0, 0.1) is 30.1 Å². The number of hydrogen-bond donors (Lipinski definition) is 0. The number of piperazine rings is 1. The highest BCUT2D eigenvalue weighted by atomic mass is 16.2. The zero-order chi connectivity index (χ0) is 21.9. The van der Waals surface area contributed by atoms with Crippen LogP contribution in [0.5, 0.6) is 0 Å². The number of aromatic nitrogens is 4. The van der Waals surface area contributed by atoms with E-state index in [0.29, 0.717) is 37.6 Å². The van der Waals surface area contributed by atoms with Crippen molar-refractivity contribution >= 4 is 11.8 Å². The third-order valence-corrected chi connectivity index (χ3v) is 8.39. The Morgan fingerprint density at radius 2 is 1.56 bits per heavy atom. The Morgan fingerprint density at radius 3 is 2.12 bits per heavy atom. The number of hydrogen-bond acceptors (Lipinski definition) is 5. The highest BCUT2D eigenvalue weighted by molar-refractivity contribution is 5.95. The fraction of sp³-hybridized carbons (Fsp3) is 0.625. The van der Waals surface area contributed by atoms with Gasteiger partial charge in [-0.2, -0.15) is 0 Å². The van der Waals surface area contributed by atoms with Crippen molar-refractivity contribution in [2.75, 3.05) is 26.2 Å². The van der Waals surface area contributed by atoms with Gasteiger partial charge in [-0.1, -0.05) is 0 Å². The van der Waals surface area contributed by atoms with Crippen LogP contribution in [0.3, 0.4) is 0 Å². The SMILES string of the molecule is Cc1cc(C(=O)N2CCN(C(=O)C34CC5CC(CC(C5)C3)C4)CC2)ccc1-n1cnnn1. The molecule has 0 unspecified atom stereocenters. The Balaban J connectivity index is 1.11. The molecule has 1 aromatic carbocycles. The van der Waals surface area contributed by atoms with Gasteiger partial charge in [-0.25, -0.2) is 4.68 Å². The molecule has 0 atom stereocenters. The molecule has 1 aliphatic heterocycles. The summed E-state index contributed by atoms with van der Waals surface area (Å²) >= 11 is 0. The summed E-state index contributed by atoms with van der Waals surface area (Å²) < 4.78 is 1.60. The smallest absolute Gasteiger partial charge is 0.253 e. The number of amides is 2. The molecule has 5 fully saturated rings. The van der Waals surface area contributed by atoms with Crippen molar-refractivity contribution in [2.45, 2.75) is 45.4 Å². The summed E-state index contributed by atoms with van der Waals surface area (Å²) in [5, 5.41) is 11.3. The average Bonchev–Trinajstić information content (AvgIpc) is 3.32. The maximum atomic E-state index is 13.6. The molecule has 2 heterocycles. The maximum Gasteiger partial charge on any atom is 0.253 e. The lowest BCUT2D eigenvalue weighted by Crippen LogP contribution is -2.58. The highest BCUT2D eigenvalue weighted by Gasteiger charge is 2.55. The van der Waals surface area contributed by atoms with Crippen molar-refractivity contribution < 1.29 is 9.59 Å². The maximum absolute atomic E-state index is 13.6. The van der Waals surface area contributed by atoms with Gasteiger partial charge in [-0.15, -0.1) is 5.10 Å². The van der Waals surface area contributed by atoms with E-state index in [1.165, 1.54) is 19.3 Å². The Morgan fingerprint density at radius 1 is 0.938 bits per heavy atom. The molecule has 32 heavy (non-hydrogen) atoms. The summed E-state index contributed by atoms with van der Waals surface area (Å²) in [6, 6.07) is 5.61. The van der Waals surface area contributed by atoms with Gasteiger partial charge in [0, 0.05) is 31.7 Å². The monoisotopic (exact) mass is 434 g/mol. The second-order valence-corrected chi connectivity index (χ2v) is 10.5. The second-order valence-electron chi connectivity index (χ2n) is 10.5. The summed E-state index contributed by atoms with van der Waals surface area (Å²) in [4.78, 5) is 30.7.